The maximum absolute atomic E-state index is 5.78. The summed E-state index contributed by atoms with van der Waals surface area (Å²) in [7, 11) is 1.81. The van der Waals surface area contributed by atoms with Crippen LogP contribution < -0.4 is 15.4 Å². The molecule has 0 fully saturated rings. The second kappa shape index (κ2) is 13.2. The predicted molar refractivity (Wildman–Crippen MR) is 130 cm³/mol. The van der Waals surface area contributed by atoms with E-state index in [2.05, 4.69) is 38.8 Å². The van der Waals surface area contributed by atoms with Crippen LogP contribution in [-0.4, -0.2) is 24.5 Å². The van der Waals surface area contributed by atoms with Gasteiger partial charge in [-0.2, -0.15) is 0 Å². The number of ether oxygens (including phenoxy) is 1. The number of guanidine groups is 1. The monoisotopic (exact) mass is 506 g/mol. The quantitative estimate of drug-likeness (QED) is 0.233. The third kappa shape index (κ3) is 8.43. The molecule has 1 aromatic heterocycles. The Labute approximate surface area is 191 Å². The second-order valence-electron chi connectivity index (χ2n) is 6.96. The first kappa shape index (κ1) is 23.2. The topological polar surface area (TPSA) is 58.5 Å². The van der Waals surface area contributed by atoms with Gasteiger partial charge in [-0.25, -0.2) is 0 Å². The molecule has 2 aromatic rings. The first-order chi connectivity index (χ1) is 13.8. The molecule has 6 heteroatoms. The zero-order valence-corrected chi connectivity index (χ0v) is 19.4. The summed E-state index contributed by atoms with van der Waals surface area (Å²) in [6, 6.07) is 14.0. The SMILES string of the molecule is CN=C(NCCC1=CCCCC1)NCc1ccc(OCc2ccccn2)cc1.I. The van der Waals surface area contributed by atoms with Crippen molar-refractivity contribution in [2.24, 2.45) is 4.99 Å². The molecule has 0 atom stereocenters. The van der Waals surface area contributed by atoms with E-state index in [4.69, 9.17) is 4.74 Å². The summed E-state index contributed by atoms with van der Waals surface area (Å²) in [5.41, 5.74) is 3.69. The van der Waals surface area contributed by atoms with E-state index in [0.29, 0.717) is 6.61 Å². The Balaban J connectivity index is 0.00000300. The molecule has 0 saturated heterocycles. The summed E-state index contributed by atoms with van der Waals surface area (Å²) < 4.78 is 5.78. The lowest BCUT2D eigenvalue weighted by Crippen LogP contribution is -2.37. The number of hydrogen-bond donors (Lipinski definition) is 2. The van der Waals surface area contributed by atoms with Gasteiger partial charge < -0.3 is 15.4 Å². The van der Waals surface area contributed by atoms with Gasteiger partial charge in [0.15, 0.2) is 5.96 Å². The van der Waals surface area contributed by atoms with Crippen LogP contribution in [0.25, 0.3) is 0 Å². The molecular formula is C23H31IN4O. The maximum Gasteiger partial charge on any atom is 0.191 e. The van der Waals surface area contributed by atoms with Crippen molar-refractivity contribution >= 4 is 29.9 Å². The third-order valence-electron chi connectivity index (χ3n) is 4.84. The fourth-order valence-corrected chi connectivity index (χ4v) is 3.22. The molecule has 29 heavy (non-hydrogen) atoms. The van der Waals surface area contributed by atoms with Crippen LogP contribution in [-0.2, 0) is 13.2 Å². The van der Waals surface area contributed by atoms with E-state index < -0.39 is 0 Å². The number of allylic oxidation sites excluding steroid dienone is 1. The smallest absolute Gasteiger partial charge is 0.191 e. The Morgan fingerprint density at radius 1 is 1.10 bits per heavy atom. The molecule has 0 unspecified atom stereocenters. The highest BCUT2D eigenvalue weighted by Gasteiger charge is 2.04. The van der Waals surface area contributed by atoms with Gasteiger partial charge in [0.05, 0.1) is 5.69 Å². The van der Waals surface area contributed by atoms with Gasteiger partial charge in [-0.1, -0.05) is 29.8 Å². The van der Waals surface area contributed by atoms with Crippen molar-refractivity contribution in [3.05, 3.63) is 71.6 Å². The van der Waals surface area contributed by atoms with Crippen LogP contribution in [0.4, 0.5) is 0 Å². The summed E-state index contributed by atoms with van der Waals surface area (Å²) in [5, 5.41) is 6.77. The summed E-state index contributed by atoms with van der Waals surface area (Å²) in [4.78, 5) is 8.57. The van der Waals surface area contributed by atoms with Crippen LogP contribution in [0.2, 0.25) is 0 Å². The lowest BCUT2D eigenvalue weighted by molar-refractivity contribution is 0.301. The maximum atomic E-state index is 5.78. The fourth-order valence-electron chi connectivity index (χ4n) is 3.22. The van der Waals surface area contributed by atoms with Crippen molar-refractivity contribution < 1.29 is 4.74 Å². The fraction of sp³-hybridized carbons (Fsp3) is 0.391. The van der Waals surface area contributed by atoms with Crippen LogP contribution in [0.15, 0.2) is 65.3 Å². The highest BCUT2D eigenvalue weighted by Crippen LogP contribution is 2.19. The van der Waals surface area contributed by atoms with Crippen LogP contribution in [0.5, 0.6) is 5.75 Å². The van der Waals surface area contributed by atoms with Gasteiger partial charge >= 0.3 is 0 Å². The van der Waals surface area contributed by atoms with Crippen LogP contribution in [0.1, 0.15) is 43.4 Å². The van der Waals surface area contributed by atoms with Gasteiger partial charge in [0, 0.05) is 26.3 Å². The molecule has 1 aliphatic carbocycles. The number of aromatic nitrogens is 1. The van der Waals surface area contributed by atoms with Gasteiger partial charge in [0.25, 0.3) is 0 Å². The lowest BCUT2D eigenvalue weighted by Gasteiger charge is -2.15. The Morgan fingerprint density at radius 3 is 2.66 bits per heavy atom. The minimum Gasteiger partial charge on any atom is -0.487 e. The Hall–Kier alpha value is -2.09. The van der Waals surface area contributed by atoms with E-state index in [0.717, 1.165) is 36.9 Å². The number of pyridine rings is 1. The number of nitrogens with zero attached hydrogens (tertiary/aromatic N) is 2. The molecule has 3 rings (SSSR count). The van der Waals surface area contributed by atoms with Crippen LogP contribution in [0, 0.1) is 0 Å². The molecule has 156 valence electrons. The molecule has 5 nitrogen and oxygen atoms in total. The van der Waals surface area contributed by atoms with E-state index in [1.165, 1.54) is 31.2 Å². The second-order valence-corrected chi connectivity index (χ2v) is 6.96. The molecule has 0 bridgehead atoms. The average Bonchev–Trinajstić information content (AvgIpc) is 2.77. The molecule has 0 spiro atoms. The standard InChI is InChI=1S/C23H30N4O.HI/c1-24-23(26-16-14-19-7-3-2-4-8-19)27-17-20-10-12-22(13-11-20)28-18-21-9-5-6-15-25-21;/h5-7,9-13,15H,2-4,8,14,16-18H2,1H3,(H2,24,26,27);1H. The van der Waals surface area contributed by atoms with Gasteiger partial charge in [-0.05, 0) is 61.9 Å². The van der Waals surface area contributed by atoms with Crippen molar-refractivity contribution in [3.8, 4) is 5.75 Å². The Kier molecular flexibility index (Phi) is 10.5. The highest BCUT2D eigenvalue weighted by molar-refractivity contribution is 14.0. The minimum absolute atomic E-state index is 0. The number of rotatable bonds is 8. The van der Waals surface area contributed by atoms with E-state index in [9.17, 15) is 0 Å². The lowest BCUT2D eigenvalue weighted by atomic mass is 9.97. The molecule has 0 saturated carbocycles. The number of hydrogen-bond acceptors (Lipinski definition) is 3. The summed E-state index contributed by atoms with van der Waals surface area (Å²) in [6.45, 7) is 2.13. The first-order valence-corrected chi connectivity index (χ1v) is 10.1. The van der Waals surface area contributed by atoms with E-state index in [-0.39, 0.29) is 24.0 Å². The van der Waals surface area contributed by atoms with E-state index in [1.54, 1.807) is 11.8 Å². The van der Waals surface area contributed by atoms with Crippen molar-refractivity contribution in [2.45, 2.75) is 45.3 Å². The zero-order chi connectivity index (χ0) is 19.4. The normalized spacial score (nSPS) is 13.8. The van der Waals surface area contributed by atoms with Gasteiger partial charge in [0.1, 0.15) is 12.4 Å². The Morgan fingerprint density at radius 2 is 1.97 bits per heavy atom. The highest BCUT2D eigenvalue weighted by atomic mass is 127. The predicted octanol–water partition coefficient (Wildman–Crippen LogP) is 4.83. The molecule has 0 aliphatic heterocycles. The summed E-state index contributed by atoms with van der Waals surface area (Å²) in [6.07, 6.45) is 10.4. The van der Waals surface area contributed by atoms with Gasteiger partial charge in [-0.15, -0.1) is 24.0 Å². The molecule has 0 amide bonds. The van der Waals surface area contributed by atoms with Crippen LogP contribution >= 0.6 is 24.0 Å². The Bertz CT molecular complexity index is 775. The van der Waals surface area contributed by atoms with Gasteiger partial charge in [-0.3, -0.25) is 9.98 Å². The summed E-state index contributed by atoms with van der Waals surface area (Å²) >= 11 is 0. The van der Waals surface area contributed by atoms with E-state index in [1.807, 2.05) is 37.4 Å². The first-order valence-electron chi connectivity index (χ1n) is 10.1. The molecule has 1 heterocycles. The van der Waals surface area contributed by atoms with Crippen molar-refractivity contribution in [1.82, 2.24) is 15.6 Å². The molecule has 1 aromatic carbocycles. The number of halogens is 1. The van der Waals surface area contributed by atoms with Crippen LogP contribution in [0.3, 0.4) is 0 Å². The zero-order valence-electron chi connectivity index (χ0n) is 17.1. The minimum atomic E-state index is 0. The largest absolute Gasteiger partial charge is 0.487 e. The molecule has 2 N–H and O–H groups in total. The van der Waals surface area contributed by atoms with Crippen molar-refractivity contribution in [1.29, 1.82) is 0 Å². The number of aliphatic imine (C=N–C) groups is 1. The molecule has 1 aliphatic rings. The van der Waals surface area contributed by atoms with Gasteiger partial charge in [0.2, 0.25) is 0 Å². The van der Waals surface area contributed by atoms with E-state index >= 15 is 0 Å². The number of nitrogens with one attached hydrogen (secondary N) is 2. The van der Waals surface area contributed by atoms with Crippen molar-refractivity contribution in [2.75, 3.05) is 13.6 Å². The summed E-state index contributed by atoms with van der Waals surface area (Å²) in [5.74, 6) is 1.68. The number of benzene rings is 1. The van der Waals surface area contributed by atoms with Crippen molar-refractivity contribution in [3.63, 3.8) is 0 Å². The average molecular weight is 506 g/mol. The third-order valence-corrected chi connectivity index (χ3v) is 4.84. The molecule has 0 radical (unpaired) electrons. The molecular weight excluding hydrogens is 475 g/mol.